The number of nitrogens with zero attached hydrogens (tertiary/aromatic N) is 1. The van der Waals surface area contributed by atoms with E-state index in [1.165, 1.54) is 24.0 Å². The smallest absolute Gasteiger partial charge is 0.234 e. The fourth-order valence-corrected chi connectivity index (χ4v) is 5.05. The number of hydrogen-bond donors (Lipinski definition) is 1. The highest BCUT2D eigenvalue weighted by Crippen LogP contribution is 2.37. The van der Waals surface area contributed by atoms with Gasteiger partial charge in [0.15, 0.2) is 0 Å². The SMILES string of the molecule is O=C(CN1CCC(C(c2ccccc2)c2ccccc2)CC1)NC1CCCC1. The van der Waals surface area contributed by atoms with Crippen molar-refractivity contribution >= 4 is 5.91 Å². The van der Waals surface area contributed by atoms with Gasteiger partial charge < -0.3 is 5.32 Å². The minimum absolute atomic E-state index is 0.216. The van der Waals surface area contributed by atoms with E-state index in [1.807, 2.05) is 0 Å². The molecule has 2 aromatic rings. The van der Waals surface area contributed by atoms with E-state index >= 15 is 0 Å². The molecule has 1 saturated heterocycles. The molecule has 2 aromatic carbocycles. The summed E-state index contributed by atoms with van der Waals surface area (Å²) in [4.78, 5) is 14.7. The van der Waals surface area contributed by atoms with Crippen molar-refractivity contribution in [2.75, 3.05) is 19.6 Å². The summed E-state index contributed by atoms with van der Waals surface area (Å²) in [5, 5.41) is 3.23. The van der Waals surface area contributed by atoms with Crippen molar-refractivity contribution in [1.29, 1.82) is 0 Å². The van der Waals surface area contributed by atoms with E-state index in [-0.39, 0.29) is 5.91 Å². The topological polar surface area (TPSA) is 32.3 Å². The van der Waals surface area contributed by atoms with Crippen LogP contribution >= 0.6 is 0 Å². The molecule has 0 aromatic heterocycles. The second-order valence-electron chi connectivity index (χ2n) is 8.46. The molecule has 1 heterocycles. The fraction of sp³-hybridized carbons (Fsp3) is 0.480. The number of hydrogen-bond acceptors (Lipinski definition) is 2. The molecular formula is C25H32N2O. The standard InChI is InChI=1S/C25H32N2O/c28-24(26-23-13-7-8-14-23)19-27-17-15-22(16-18-27)25(20-9-3-1-4-10-20)21-11-5-2-6-12-21/h1-6,9-12,22-23,25H,7-8,13-19H2,(H,26,28). The highest BCUT2D eigenvalue weighted by Gasteiger charge is 2.29. The van der Waals surface area contributed by atoms with Gasteiger partial charge in [0.25, 0.3) is 0 Å². The molecule has 1 N–H and O–H groups in total. The van der Waals surface area contributed by atoms with Crippen LogP contribution in [0.1, 0.15) is 55.6 Å². The summed E-state index contributed by atoms with van der Waals surface area (Å²) >= 11 is 0. The molecule has 1 amide bonds. The lowest BCUT2D eigenvalue weighted by atomic mass is 9.76. The zero-order valence-corrected chi connectivity index (χ0v) is 16.7. The molecule has 3 nitrogen and oxygen atoms in total. The lowest BCUT2D eigenvalue weighted by Crippen LogP contribution is -2.44. The summed E-state index contributed by atoms with van der Waals surface area (Å²) in [5.74, 6) is 1.28. The Morgan fingerprint density at radius 3 is 1.93 bits per heavy atom. The van der Waals surface area contributed by atoms with Crippen LogP contribution in [0.5, 0.6) is 0 Å². The van der Waals surface area contributed by atoms with Crippen LogP contribution < -0.4 is 5.32 Å². The molecule has 0 spiro atoms. The summed E-state index contributed by atoms with van der Waals surface area (Å²) in [6.07, 6.45) is 7.12. The summed E-state index contributed by atoms with van der Waals surface area (Å²) < 4.78 is 0. The maximum atomic E-state index is 12.4. The van der Waals surface area contributed by atoms with Gasteiger partial charge in [0.05, 0.1) is 6.54 Å². The molecule has 4 rings (SSSR count). The molecule has 0 radical (unpaired) electrons. The first-order valence-electron chi connectivity index (χ1n) is 10.9. The zero-order valence-electron chi connectivity index (χ0n) is 16.7. The number of likely N-dealkylation sites (tertiary alicyclic amines) is 1. The third-order valence-electron chi connectivity index (χ3n) is 6.51. The Kier molecular flexibility index (Phi) is 6.43. The molecule has 3 heteroatoms. The monoisotopic (exact) mass is 376 g/mol. The molecule has 0 atom stereocenters. The molecule has 28 heavy (non-hydrogen) atoms. The summed E-state index contributed by atoms with van der Waals surface area (Å²) in [6, 6.07) is 22.2. The molecule has 1 aliphatic heterocycles. The number of benzene rings is 2. The van der Waals surface area contributed by atoms with Crippen molar-refractivity contribution in [3.8, 4) is 0 Å². The Morgan fingerprint density at radius 1 is 0.857 bits per heavy atom. The van der Waals surface area contributed by atoms with Gasteiger partial charge in [0.2, 0.25) is 5.91 Å². The molecule has 1 saturated carbocycles. The molecule has 2 aliphatic rings. The molecule has 1 aliphatic carbocycles. The number of carbonyl (C=O) groups excluding carboxylic acids is 1. The Labute approximate surface area is 169 Å². The lowest BCUT2D eigenvalue weighted by Gasteiger charge is -2.36. The van der Waals surface area contributed by atoms with Crippen molar-refractivity contribution in [2.24, 2.45) is 5.92 Å². The Bertz CT molecular complexity index is 692. The van der Waals surface area contributed by atoms with Crippen LogP contribution in [-0.2, 0) is 4.79 Å². The molecule has 0 unspecified atom stereocenters. The van der Waals surface area contributed by atoms with Crippen LogP contribution in [0.25, 0.3) is 0 Å². The van der Waals surface area contributed by atoms with Gasteiger partial charge >= 0.3 is 0 Å². The van der Waals surface area contributed by atoms with Crippen molar-refractivity contribution in [1.82, 2.24) is 10.2 Å². The third kappa shape index (κ3) is 4.82. The third-order valence-corrected chi connectivity index (χ3v) is 6.51. The second-order valence-corrected chi connectivity index (χ2v) is 8.46. The van der Waals surface area contributed by atoms with Gasteiger partial charge in [-0.1, -0.05) is 73.5 Å². The summed E-state index contributed by atoms with van der Waals surface area (Å²) in [7, 11) is 0. The maximum Gasteiger partial charge on any atom is 0.234 e. The average molecular weight is 377 g/mol. The van der Waals surface area contributed by atoms with Crippen LogP contribution in [0.4, 0.5) is 0 Å². The maximum absolute atomic E-state index is 12.4. The van der Waals surface area contributed by atoms with E-state index in [0.717, 1.165) is 38.8 Å². The number of amides is 1. The number of carbonyl (C=O) groups is 1. The Morgan fingerprint density at radius 2 is 1.39 bits per heavy atom. The van der Waals surface area contributed by atoms with E-state index in [2.05, 4.69) is 70.9 Å². The predicted octanol–water partition coefficient (Wildman–Crippen LogP) is 4.59. The molecule has 2 fully saturated rings. The van der Waals surface area contributed by atoms with Crippen LogP contribution in [0.2, 0.25) is 0 Å². The van der Waals surface area contributed by atoms with E-state index in [4.69, 9.17) is 0 Å². The van der Waals surface area contributed by atoms with E-state index in [0.29, 0.717) is 24.4 Å². The van der Waals surface area contributed by atoms with Crippen LogP contribution in [0, 0.1) is 5.92 Å². The first-order valence-corrected chi connectivity index (χ1v) is 10.9. The first-order chi connectivity index (χ1) is 13.8. The fourth-order valence-electron chi connectivity index (χ4n) is 5.05. The van der Waals surface area contributed by atoms with Crippen molar-refractivity contribution in [2.45, 2.75) is 50.5 Å². The van der Waals surface area contributed by atoms with Crippen LogP contribution in [0.3, 0.4) is 0 Å². The van der Waals surface area contributed by atoms with Crippen LogP contribution in [-0.4, -0.2) is 36.5 Å². The Balaban J connectivity index is 1.37. The quantitative estimate of drug-likeness (QED) is 0.800. The van der Waals surface area contributed by atoms with Crippen molar-refractivity contribution in [3.63, 3.8) is 0 Å². The minimum Gasteiger partial charge on any atom is -0.352 e. The Hall–Kier alpha value is -2.13. The van der Waals surface area contributed by atoms with Gasteiger partial charge in [-0.2, -0.15) is 0 Å². The van der Waals surface area contributed by atoms with E-state index in [1.54, 1.807) is 0 Å². The van der Waals surface area contributed by atoms with Crippen molar-refractivity contribution in [3.05, 3.63) is 71.8 Å². The number of rotatable bonds is 6. The van der Waals surface area contributed by atoms with E-state index in [9.17, 15) is 4.79 Å². The van der Waals surface area contributed by atoms with Crippen LogP contribution in [0.15, 0.2) is 60.7 Å². The first kappa shape index (κ1) is 19.2. The van der Waals surface area contributed by atoms with E-state index < -0.39 is 0 Å². The second kappa shape index (κ2) is 9.38. The minimum atomic E-state index is 0.216. The molecular weight excluding hydrogens is 344 g/mol. The number of piperidine rings is 1. The zero-order chi connectivity index (χ0) is 19.2. The summed E-state index contributed by atoms with van der Waals surface area (Å²) in [5.41, 5.74) is 2.82. The average Bonchev–Trinajstić information content (AvgIpc) is 3.24. The van der Waals surface area contributed by atoms with Gasteiger partial charge in [-0.05, 0) is 55.8 Å². The summed E-state index contributed by atoms with van der Waals surface area (Å²) in [6.45, 7) is 2.59. The van der Waals surface area contributed by atoms with Gasteiger partial charge in [0, 0.05) is 12.0 Å². The number of nitrogens with one attached hydrogen (secondary N) is 1. The van der Waals surface area contributed by atoms with Gasteiger partial charge in [-0.15, -0.1) is 0 Å². The van der Waals surface area contributed by atoms with Gasteiger partial charge in [-0.25, -0.2) is 0 Å². The normalized spacial score (nSPS) is 19.2. The lowest BCUT2D eigenvalue weighted by molar-refractivity contribution is -0.123. The molecule has 148 valence electrons. The highest BCUT2D eigenvalue weighted by molar-refractivity contribution is 5.78. The largest absolute Gasteiger partial charge is 0.352 e. The highest BCUT2D eigenvalue weighted by atomic mass is 16.2. The molecule has 0 bridgehead atoms. The predicted molar refractivity (Wildman–Crippen MR) is 114 cm³/mol. The van der Waals surface area contributed by atoms with Gasteiger partial charge in [-0.3, -0.25) is 9.69 Å². The van der Waals surface area contributed by atoms with Crippen molar-refractivity contribution < 1.29 is 4.79 Å². The van der Waals surface area contributed by atoms with Gasteiger partial charge in [0.1, 0.15) is 0 Å².